The number of nitrogens with one attached hydrogen (secondary N) is 1. The molecule has 2 aromatic heterocycles. The third kappa shape index (κ3) is 5.97. The standard InChI is InChI=1S/C33H42BN5O6/c1-31(2,3)43-30(41)22-12-10-11-20(29(22)42-7)15-27(34-44-26-17-21-16-25(32(21,4)5)33(26,6)45-34)36-28(40)19-39-18-24(37-38-39)23-13-8-9-14-35-23/h8-14,18,21,25-27H,15-17,19H2,1-7H3,(H,36,40)/t21-,25-,26+,27-,33-/m0/s1. The lowest BCUT2D eigenvalue weighted by Crippen LogP contribution is -2.65. The maximum atomic E-state index is 13.5. The Balaban J connectivity index is 1.26. The molecule has 3 aliphatic carbocycles. The zero-order valence-electron chi connectivity index (χ0n) is 27.1. The largest absolute Gasteiger partial charge is 0.496 e. The summed E-state index contributed by atoms with van der Waals surface area (Å²) in [7, 11) is 0.825. The van der Waals surface area contributed by atoms with Crippen LogP contribution in [0.3, 0.4) is 0 Å². The van der Waals surface area contributed by atoms with Gasteiger partial charge in [0.25, 0.3) is 0 Å². The highest BCUT2D eigenvalue weighted by molar-refractivity contribution is 6.48. The molecule has 11 nitrogen and oxygen atoms in total. The number of pyridine rings is 1. The Morgan fingerprint density at radius 2 is 1.93 bits per heavy atom. The summed E-state index contributed by atoms with van der Waals surface area (Å²) < 4.78 is 26.3. The van der Waals surface area contributed by atoms with Crippen molar-refractivity contribution in [1.82, 2.24) is 25.3 Å². The van der Waals surface area contributed by atoms with Crippen molar-refractivity contribution in [3.8, 4) is 17.1 Å². The number of nitrogens with zero attached hydrogens (tertiary/aromatic N) is 4. The van der Waals surface area contributed by atoms with Crippen molar-refractivity contribution in [3.05, 3.63) is 59.9 Å². The molecular formula is C33H42BN5O6. The summed E-state index contributed by atoms with van der Waals surface area (Å²) >= 11 is 0. The molecule has 1 aromatic carbocycles. The number of esters is 1. The highest BCUT2D eigenvalue weighted by Gasteiger charge is 2.68. The van der Waals surface area contributed by atoms with Crippen molar-refractivity contribution in [2.75, 3.05) is 7.11 Å². The van der Waals surface area contributed by atoms with Crippen molar-refractivity contribution in [3.63, 3.8) is 0 Å². The number of ether oxygens (including phenoxy) is 2. The van der Waals surface area contributed by atoms with Crippen LogP contribution in [0, 0.1) is 17.3 Å². The molecule has 3 aromatic rings. The third-order valence-corrected chi connectivity index (χ3v) is 9.77. The average Bonchev–Trinajstić information content (AvgIpc) is 3.60. The van der Waals surface area contributed by atoms with Crippen LogP contribution in [0.15, 0.2) is 48.8 Å². The van der Waals surface area contributed by atoms with E-state index in [2.05, 4.69) is 41.4 Å². The van der Waals surface area contributed by atoms with Gasteiger partial charge in [-0.3, -0.25) is 9.78 Å². The molecule has 0 unspecified atom stereocenters. The van der Waals surface area contributed by atoms with E-state index >= 15 is 0 Å². The summed E-state index contributed by atoms with van der Waals surface area (Å²) in [4.78, 5) is 30.9. The minimum absolute atomic E-state index is 0.0590. The Morgan fingerprint density at radius 1 is 1.13 bits per heavy atom. The maximum absolute atomic E-state index is 13.5. The van der Waals surface area contributed by atoms with Crippen LogP contribution in [0.25, 0.3) is 11.4 Å². The number of hydrogen-bond acceptors (Lipinski definition) is 9. The predicted octanol–water partition coefficient (Wildman–Crippen LogP) is 4.30. The summed E-state index contributed by atoms with van der Waals surface area (Å²) in [6.45, 7) is 12.2. The minimum Gasteiger partial charge on any atom is -0.496 e. The van der Waals surface area contributed by atoms with E-state index in [9.17, 15) is 9.59 Å². The molecule has 1 saturated heterocycles. The lowest BCUT2D eigenvalue weighted by atomic mass is 9.43. The fourth-order valence-electron chi connectivity index (χ4n) is 7.41. The van der Waals surface area contributed by atoms with Crippen molar-refractivity contribution in [1.29, 1.82) is 0 Å². The minimum atomic E-state index is -0.700. The van der Waals surface area contributed by atoms with E-state index in [-0.39, 0.29) is 24.0 Å². The Labute approximate surface area is 264 Å². The van der Waals surface area contributed by atoms with Gasteiger partial charge in [0.15, 0.2) is 0 Å². The first-order chi connectivity index (χ1) is 21.3. The Hall–Kier alpha value is -3.77. The van der Waals surface area contributed by atoms with Gasteiger partial charge in [-0.15, -0.1) is 5.10 Å². The SMILES string of the molecule is COc1c(C[C@H](NC(=O)Cn2cc(-c3ccccn3)nn2)B2O[C@@H]3C[C@@H]4C[C@@H](C4(C)C)[C@]3(C)O2)cccc1C(=O)OC(C)(C)C. The van der Waals surface area contributed by atoms with Gasteiger partial charge in [-0.05, 0) is 88.0 Å². The average molecular weight is 616 g/mol. The van der Waals surface area contributed by atoms with Gasteiger partial charge in [-0.1, -0.05) is 37.3 Å². The number of hydrogen-bond donors (Lipinski definition) is 1. The summed E-state index contributed by atoms with van der Waals surface area (Å²) in [5.74, 6) is -0.00115. The first-order valence-electron chi connectivity index (χ1n) is 15.6. The highest BCUT2D eigenvalue weighted by Crippen LogP contribution is 2.65. The number of methoxy groups -OCH3 is 1. The molecule has 5 atom stereocenters. The molecule has 12 heteroatoms. The van der Waals surface area contributed by atoms with E-state index in [1.165, 1.54) is 11.8 Å². The fourth-order valence-corrected chi connectivity index (χ4v) is 7.41. The van der Waals surface area contributed by atoms with Gasteiger partial charge in [0.1, 0.15) is 29.2 Å². The van der Waals surface area contributed by atoms with Crippen molar-refractivity contribution < 1.29 is 28.4 Å². The van der Waals surface area contributed by atoms with Gasteiger partial charge in [0.2, 0.25) is 5.91 Å². The number of aromatic nitrogens is 4. The molecule has 1 amide bonds. The van der Waals surface area contributed by atoms with Crippen LogP contribution < -0.4 is 10.1 Å². The van der Waals surface area contributed by atoms with Crippen LogP contribution in [-0.4, -0.2) is 69.3 Å². The monoisotopic (exact) mass is 615 g/mol. The Kier molecular flexibility index (Phi) is 8.01. The van der Waals surface area contributed by atoms with E-state index in [4.69, 9.17) is 18.8 Å². The number of benzene rings is 1. The lowest BCUT2D eigenvalue weighted by molar-refractivity contribution is -0.199. The second-order valence-corrected chi connectivity index (χ2v) is 14.2. The van der Waals surface area contributed by atoms with E-state index in [1.54, 1.807) is 24.5 Å². The van der Waals surface area contributed by atoms with Gasteiger partial charge in [0, 0.05) is 6.20 Å². The normalized spacial score (nSPS) is 25.6. The molecule has 1 aliphatic heterocycles. The first-order valence-corrected chi connectivity index (χ1v) is 15.6. The quantitative estimate of drug-likeness (QED) is 0.277. The van der Waals surface area contributed by atoms with E-state index < -0.39 is 30.2 Å². The molecule has 3 heterocycles. The maximum Gasteiger partial charge on any atom is 0.482 e. The van der Waals surface area contributed by atoms with E-state index in [1.807, 2.05) is 45.0 Å². The third-order valence-electron chi connectivity index (χ3n) is 9.77. The van der Waals surface area contributed by atoms with Gasteiger partial charge < -0.3 is 24.1 Å². The predicted molar refractivity (Wildman–Crippen MR) is 167 cm³/mol. The van der Waals surface area contributed by atoms with Gasteiger partial charge in [0.05, 0.1) is 36.6 Å². The Morgan fingerprint density at radius 3 is 2.62 bits per heavy atom. The van der Waals surface area contributed by atoms with Crippen LogP contribution in [0.5, 0.6) is 5.75 Å². The molecule has 4 aliphatic rings. The van der Waals surface area contributed by atoms with E-state index in [0.29, 0.717) is 41.0 Å². The number of carbonyl (C=O) groups is 2. The molecule has 45 heavy (non-hydrogen) atoms. The summed E-state index contributed by atoms with van der Waals surface area (Å²) in [5, 5.41) is 11.5. The molecule has 7 rings (SSSR count). The molecule has 3 saturated carbocycles. The second kappa shape index (κ2) is 11.5. The molecule has 238 valence electrons. The van der Waals surface area contributed by atoms with Gasteiger partial charge >= 0.3 is 13.1 Å². The molecular weight excluding hydrogens is 573 g/mol. The first kappa shape index (κ1) is 31.2. The van der Waals surface area contributed by atoms with Crippen LogP contribution in [-0.2, 0) is 31.8 Å². The fraction of sp³-hybridized carbons (Fsp3) is 0.545. The summed E-state index contributed by atoms with van der Waals surface area (Å²) in [6.07, 6.45) is 5.64. The number of para-hydroxylation sites is 1. The summed E-state index contributed by atoms with van der Waals surface area (Å²) in [5.41, 5.74) is 1.33. The van der Waals surface area contributed by atoms with Crippen molar-refractivity contribution in [2.45, 2.75) is 90.6 Å². The van der Waals surface area contributed by atoms with E-state index in [0.717, 1.165) is 18.4 Å². The topological polar surface area (TPSA) is 127 Å². The van der Waals surface area contributed by atoms with Crippen LogP contribution >= 0.6 is 0 Å². The molecule has 0 radical (unpaired) electrons. The number of amides is 1. The molecule has 1 N–H and O–H groups in total. The molecule has 0 spiro atoms. The second-order valence-electron chi connectivity index (χ2n) is 14.2. The number of rotatable bonds is 9. The summed E-state index contributed by atoms with van der Waals surface area (Å²) in [6, 6.07) is 10.9. The molecule has 4 fully saturated rings. The van der Waals surface area contributed by atoms with Crippen LogP contribution in [0.2, 0.25) is 0 Å². The van der Waals surface area contributed by atoms with Gasteiger partial charge in [-0.25, -0.2) is 9.48 Å². The van der Waals surface area contributed by atoms with Gasteiger partial charge in [-0.2, -0.15) is 0 Å². The number of carbonyl (C=O) groups excluding carboxylic acids is 2. The lowest BCUT2D eigenvalue weighted by Gasteiger charge is -2.64. The van der Waals surface area contributed by atoms with Crippen molar-refractivity contribution in [2.24, 2.45) is 17.3 Å². The van der Waals surface area contributed by atoms with Crippen molar-refractivity contribution >= 4 is 19.0 Å². The molecule has 2 bridgehead atoms. The zero-order chi connectivity index (χ0) is 32.1. The van der Waals surface area contributed by atoms with Crippen LogP contribution in [0.4, 0.5) is 0 Å². The van der Waals surface area contributed by atoms with Crippen LogP contribution in [0.1, 0.15) is 70.3 Å². The smallest absolute Gasteiger partial charge is 0.482 e. The Bertz CT molecular complexity index is 1570. The zero-order valence-corrected chi connectivity index (χ0v) is 27.1. The highest BCUT2D eigenvalue weighted by atomic mass is 16.7.